The van der Waals surface area contributed by atoms with Gasteiger partial charge >= 0.3 is 6.18 Å². The molecule has 0 bridgehead atoms. The highest BCUT2D eigenvalue weighted by Gasteiger charge is 2.36. The number of benzene rings is 2. The highest BCUT2D eigenvalue weighted by atomic mass is 19.4. The predicted octanol–water partition coefficient (Wildman–Crippen LogP) is 3.82. The largest absolute Gasteiger partial charge is 0.496 e. The maximum atomic E-state index is 13.2. The van der Waals surface area contributed by atoms with E-state index < -0.39 is 17.6 Å². The number of alkyl halides is 3. The first kappa shape index (κ1) is 15.1. The van der Waals surface area contributed by atoms with E-state index in [0.29, 0.717) is 0 Å². The molecule has 21 heavy (non-hydrogen) atoms. The molecule has 0 aromatic heterocycles. The molecular formula is C14H11F4NO2. The molecule has 3 nitrogen and oxygen atoms in total. The number of amides is 1. The molecule has 0 saturated heterocycles. The molecule has 1 amide bonds. The fourth-order valence-corrected chi connectivity index (χ4v) is 2.15. The molecule has 0 aliphatic rings. The molecule has 2 rings (SSSR count). The van der Waals surface area contributed by atoms with Crippen LogP contribution in [0.5, 0.6) is 5.75 Å². The summed E-state index contributed by atoms with van der Waals surface area (Å²) in [5.74, 6) is -1.37. The standard InChI is InChI=1S/C14H11F4NO2/c1-19(18)13(20)10-5-3-4-9-8(10)6-7-11(21-2)12(9)14(15,16)17/h3-7H,1-2H3. The van der Waals surface area contributed by atoms with Crippen molar-refractivity contribution in [2.45, 2.75) is 6.18 Å². The van der Waals surface area contributed by atoms with Gasteiger partial charge in [-0.1, -0.05) is 16.6 Å². The van der Waals surface area contributed by atoms with Gasteiger partial charge in [-0.3, -0.25) is 4.79 Å². The molecule has 2 aromatic rings. The second-order valence-corrected chi connectivity index (χ2v) is 4.32. The number of fused-ring (bicyclic) bond motifs is 1. The Morgan fingerprint density at radius 1 is 1.14 bits per heavy atom. The monoisotopic (exact) mass is 301 g/mol. The quantitative estimate of drug-likeness (QED) is 0.623. The van der Waals surface area contributed by atoms with Crippen LogP contribution >= 0.6 is 0 Å². The molecule has 0 saturated carbocycles. The smallest absolute Gasteiger partial charge is 0.420 e. The van der Waals surface area contributed by atoms with Crippen molar-refractivity contribution >= 4 is 16.7 Å². The number of methoxy groups -OCH3 is 1. The minimum atomic E-state index is -4.66. The summed E-state index contributed by atoms with van der Waals surface area (Å²) < 4.78 is 57.4. The van der Waals surface area contributed by atoms with E-state index >= 15 is 0 Å². The number of halogens is 4. The van der Waals surface area contributed by atoms with E-state index in [1.54, 1.807) is 0 Å². The molecule has 112 valence electrons. The van der Waals surface area contributed by atoms with Crippen molar-refractivity contribution in [3.63, 3.8) is 0 Å². The normalized spacial score (nSPS) is 11.5. The molecule has 0 fully saturated rings. The maximum absolute atomic E-state index is 13.2. The molecule has 0 N–H and O–H groups in total. The van der Waals surface area contributed by atoms with Crippen LogP contribution in [0.1, 0.15) is 15.9 Å². The van der Waals surface area contributed by atoms with E-state index in [1.165, 1.54) is 24.3 Å². The summed E-state index contributed by atoms with van der Waals surface area (Å²) in [6.07, 6.45) is -4.66. The third-order valence-corrected chi connectivity index (χ3v) is 3.04. The molecule has 0 aliphatic heterocycles. The lowest BCUT2D eigenvalue weighted by atomic mass is 9.98. The van der Waals surface area contributed by atoms with Gasteiger partial charge in [0.05, 0.1) is 7.11 Å². The van der Waals surface area contributed by atoms with E-state index in [9.17, 15) is 22.4 Å². The number of carbonyl (C=O) groups is 1. The Morgan fingerprint density at radius 3 is 2.33 bits per heavy atom. The van der Waals surface area contributed by atoms with Gasteiger partial charge in [-0.25, -0.2) is 0 Å². The summed E-state index contributed by atoms with van der Waals surface area (Å²) in [5, 5.41) is -0.374. The Morgan fingerprint density at radius 2 is 1.81 bits per heavy atom. The average Bonchev–Trinajstić information content (AvgIpc) is 2.43. The van der Waals surface area contributed by atoms with Crippen LogP contribution in [-0.2, 0) is 6.18 Å². The summed E-state index contributed by atoms with van der Waals surface area (Å²) in [4.78, 5) is 11.7. The van der Waals surface area contributed by atoms with Crippen LogP contribution in [0.4, 0.5) is 17.7 Å². The van der Waals surface area contributed by atoms with Crippen LogP contribution in [0, 0.1) is 0 Å². The van der Waals surface area contributed by atoms with E-state index in [1.807, 2.05) is 0 Å². The van der Waals surface area contributed by atoms with Crippen LogP contribution in [0.3, 0.4) is 0 Å². The van der Waals surface area contributed by atoms with Crippen molar-refractivity contribution in [1.29, 1.82) is 0 Å². The average molecular weight is 301 g/mol. The van der Waals surface area contributed by atoms with E-state index in [0.717, 1.165) is 20.2 Å². The van der Waals surface area contributed by atoms with Crippen molar-refractivity contribution in [1.82, 2.24) is 5.12 Å². The van der Waals surface area contributed by atoms with Gasteiger partial charge in [0.2, 0.25) is 0 Å². The molecule has 2 aromatic carbocycles. The molecule has 0 spiro atoms. The van der Waals surface area contributed by atoms with Gasteiger partial charge < -0.3 is 4.74 Å². The second kappa shape index (κ2) is 5.23. The lowest BCUT2D eigenvalue weighted by Gasteiger charge is -2.16. The van der Waals surface area contributed by atoms with Gasteiger partial charge in [-0.05, 0) is 29.0 Å². The Balaban J connectivity index is 2.84. The minimum Gasteiger partial charge on any atom is -0.496 e. The molecule has 0 heterocycles. The SMILES string of the molecule is COc1ccc2c(C(=O)N(C)F)cccc2c1C(F)(F)F. The lowest BCUT2D eigenvalue weighted by molar-refractivity contribution is -0.137. The summed E-state index contributed by atoms with van der Waals surface area (Å²) >= 11 is 0. The highest BCUT2D eigenvalue weighted by Crippen LogP contribution is 2.41. The molecule has 0 atom stereocenters. The Hall–Kier alpha value is -2.31. The first-order chi connectivity index (χ1) is 9.77. The molecule has 0 aliphatic carbocycles. The first-order valence-corrected chi connectivity index (χ1v) is 5.88. The van der Waals surface area contributed by atoms with E-state index in [2.05, 4.69) is 0 Å². The number of hydrogen-bond acceptors (Lipinski definition) is 2. The van der Waals surface area contributed by atoms with Crippen LogP contribution in [-0.4, -0.2) is 25.2 Å². The molecule has 0 radical (unpaired) electrons. The minimum absolute atomic E-state index is 0.0140. The van der Waals surface area contributed by atoms with Crippen LogP contribution in [0.2, 0.25) is 0 Å². The molecular weight excluding hydrogens is 290 g/mol. The third kappa shape index (κ3) is 2.63. The summed E-state index contributed by atoms with van der Waals surface area (Å²) in [7, 11) is 2.01. The van der Waals surface area contributed by atoms with E-state index in [4.69, 9.17) is 4.74 Å². The molecule has 7 heteroatoms. The van der Waals surface area contributed by atoms with Gasteiger partial charge in [-0.15, -0.1) is 0 Å². The summed E-state index contributed by atoms with van der Waals surface area (Å²) in [6.45, 7) is 0. The van der Waals surface area contributed by atoms with Gasteiger partial charge in [0.25, 0.3) is 5.91 Å². The van der Waals surface area contributed by atoms with Gasteiger partial charge in [0.1, 0.15) is 11.3 Å². The zero-order valence-electron chi connectivity index (χ0n) is 11.2. The molecule has 0 unspecified atom stereocenters. The fourth-order valence-electron chi connectivity index (χ4n) is 2.15. The van der Waals surface area contributed by atoms with Crippen LogP contribution in [0.15, 0.2) is 30.3 Å². The predicted molar refractivity (Wildman–Crippen MR) is 68.7 cm³/mol. The topological polar surface area (TPSA) is 29.5 Å². The van der Waals surface area contributed by atoms with Gasteiger partial charge in [0.15, 0.2) is 0 Å². The number of rotatable bonds is 2. The number of hydrogen-bond donors (Lipinski definition) is 0. The summed E-state index contributed by atoms with van der Waals surface area (Å²) in [5.41, 5.74) is -1.13. The van der Waals surface area contributed by atoms with E-state index in [-0.39, 0.29) is 27.2 Å². The second-order valence-electron chi connectivity index (χ2n) is 4.32. The van der Waals surface area contributed by atoms with Crippen molar-refractivity contribution in [3.8, 4) is 5.75 Å². The van der Waals surface area contributed by atoms with Crippen LogP contribution in [0.25, 0.3) is 10.8 Å². The Bertz CT molecular complexity index is 695. The van der Waals surface area contributed by atoms with Crippen molar-refractivity contribution < 1.29 is 27.2 Å². The Kier molecular flexibility index (Phi) is 3.76. The van der Waals surface area contributed by atoms with Crippen molar-refractivity contribution in [3.05, 3.63) is 41.5 Å². The van der Waals surface area contributed by atoms with Gasteiger partial charge in [-0.2, -0.15) is 18.3 Å². The highest BCUT2D eigenvalue weighted by molar-refractivity contribution is 6.07. The summed E-state index contributed by atoms with van der Waals surface area (Å²) in [6, 6.07) is 6.18. The van der Waals surface area contributed by atoms with Crippen molar-refractivity contribution in [2.24, 2.45) is 0 Å². The fraction of sp³-hybridized carbons (Fsp3) is 0.214. The number of carbonyl (C=O) groups excluding carboxylic acids is 1. The first-order valence-electron chi connectivity index (χ1n) is 5.88. The van der Waals surface area contributed by atoms with Crippen molar-refractivity contribution in [2.75, 3.05) is 14.2 Å². The lowest BCUT2D eigenvalue weighted by Crippen LogP contribution is -2.18. The number of nitrogens with zero attached hydrogens (tertiary/aromatic N) is 1. The number of ether oxygens (including phenoxy) is 1. The Labute approximate surface area is 117 Å². The zero-order chi connectivity index (χ0) is 15.8. The maximum Gasteiger partial charge on any atom is 0.420 e. The zero-order valence-corrected chi connectivity index (χ0v) is 11.2. The van der Waals surface area contributed by atoms with Gasteiger partial charge in [0, 0.05) is 12.6 Å². The third-order valence-electron chi connectivity index (χ3n) is 3.04. The van der Waals surface area contributed by atoms with Crippen LogP contribution < -0.4 is 4.74 Å².